The summed E-state index contributed by atoms with van der Waals surface area (Å²) in [6.07, 6.45) is -0.910. The molecule has 118 valence electrons. The highest BCUT2D eigenvalue weighted by atomic mass is 35.5. The molecule has 0 saturated carbocycles. The van der Waals surface area contributed by atoms with E-state index in [0.29, 0.717) is 10.6 Å². The van der Waals surface area contributed by atoms with Gasteiger partial charge in [0.05, 0.1) is 15.7 Å². The normalized spacial score (nSPS) is 17.3. The number of nitrogens with one attached hydrogen (secondary N) is 2. The SMILES string of the molecule is O=C(c1ccccc1)C1NC(=O)N(c2c(Cl)cc(Cl)cc2Cl)N1. The summed E-state index contributed by atoms with van der Waals surface area (Å²) < 4.78 is 0. The number of ketones is 1. The standard InChI is InChI=1S/C15H10Cl3N3O2/c16-9-6-10(17)12(11(18)7-9)21-15(23)19-14(20-21)13(22)8-4-2-1-3-5-8/h1-7,14,20H,(H,19,23). The number of carbonyl (C=O) groups is 2. The van der Waals surface area contributed by atoms with Crippen molar-refractivity contribution in [1.29, 1.82) is 0 Å². The first-order valence-corrected chi connectivity index (χ1v) is 7.71. The quantitative estimate of drug-likeness (QED) is 0.806. The van der Waals surface area contributed by atoms with Crippen LogP contribution in [0.15, 0.2) is 42.5 Å². The van der Waals surface area contributed by atoms with E-state index in [2.05, 4.69) is 10.7 Å². The first-order chi connectivity index (χ1) is 11.0. The Bertz CT molecular complexity index is 760. The summed E-state index contributed by atoms with van der Waals surface area (Å²) in [6.45, 7) is 0. The number of benzene rings is 2. The van der Waals surface area contributed by atoms with Crippen molar-refractivity contribution < 1.29 is 9.59 Å². The number of carbonyl (C=O) groups excluding carboxylic acids is 2. The van der Waals surface area contributed by atoms with Gasteiger partial charge in [0.25, 0.3) is 0 Å². The van der Waals surface area contributed by atoms with Crippen LogP contribution in [0.2, 0.25) is 15.1 Å². The number of hydrogen-bond donors (Lipinski definition) is 2. The van der Waals surface area contributed by atoms with Crippen LogP contribution >= 0.6 is 34.8 Å². The summed E-state index contributed by atoms with van der Waals surface area (Å²) in [6, 6.07) is 11.0. The predicted octanol–water partition coefficient (Wildman–Crippen LogP) is 3.89. The van der Waals surface area contributed by atoms with Crippen molar-refractivity contribution in [2.24, 2.45) is 0 Å². The number of amides is 2. The maximum atomic E-state index is 12.4. The first-order valence-electron chi connectivity index (χ1n) is 6.58. The molecule has 5 nitrogen and oxygen atoms in total. The molecular weight excluding hydrogens is 361 g/mol. The van der Waals surface area contributed by atoms with Crippen LogP contribution in [0.25, 0.3) is 0 Å². The second kappa shape index (κ2) is 6.37. The lowest BCUT2D eigenvalue weighted by atomic mass is 10.1. The van der Waals surface area contributed by atoms with Gasteiger partial charge in [0.15, 0.2) is 6.17 Å². The molecule has 1 heterocycles. The number of hydrazine groups is 1. The van der Waals surface area contributed by atoms with E-state index >= 15 is 0 Å². The molecule has 2 aromatic rings. The number of anilines is 1. The third-order valence-electron chi connectivity index (χ3n) is 3.25. The van der Waals surface area contributed by atoms with Gasteiger partial charge in [-0.05, 0) is 12.1 Å². The molecule has 1 aliphatic rings. The molecule has 23 heavy (non-hydrogen) atoms. The van der Waals surface area contributed by atoms with Crippen molar-refractivity contribution in [3.8, 4) is 0 Å². The second-order valence-corrected chi connectivity index (χ2v) is 6.05. The zero-order valence-electron chi connectivity index (χ0n) is 11.5. The average molecular weight is 371 g/mol. The van der Waals surface area contributed by atoms with Gasteiger partial charge in [-0.2, -0.15) is 5.43 Å². The van der Waals surface area contributed by atoms with Gasteiger partial charge in [0.1, 0.15) is 0 Å². The Labute approximate surface area is 147 Å². The Kier molecular flexibility index (Phi) is 4.46. The molecular formula is C15H10Cl3N3O2. The highest BCUT2D eigenvalue weighted by Crippen LogP contribution is 2.36. The van der Waals surface area contributed by atoms with Gasteiger partial charge in [0.2, 0.25) is 5.78 Å². The molecule has 1 aliphatic heterocycles. The second-order valence-electron chi connectivity index (χ2n) is 4.80. The smallest absolute Gasteiger partial charge is 0.313 e. The Morgan fingerprint density at radius 1 is 1.04 bits per heavy atom. The minimum atomic E-state index is -0.910. The molecule has 3 rings (SSSR count). The molecule has 1 fully saturated rings. The number of rotatable bonds is 3. The molecule has 2 amide bonds. The molecule has 0 radical (unpaired) electrons. The van der Waals surface area contributed by atoms with Crippen molar-refractivity contribution in [3.63, 3.8) is 0 Å². The van der Waals surface area contributed by atoms with Crippen LogP contribution in [0, 0.1) is 0 Å². The summed E-state index contributed by atoms with van der Waals surface area (Å²) in [7, 11) is 0. The third kappa shape index (κ3) is 3.14. The van der Waals surface area contributed by atoms with E-state index < -0.39 is 12.2 Å². The Hall–Kier alpha value is -1.79. The Morgan fingerprint density at radius 2 is 1.65 bits per heavy atom. The van der Waals surface area contributed by atoms with Crippen molar-refractivity contribution in [3.05, 3.63) is 63.1 Å². The lowest BCUT2D eigenvalue weighted by Crippen LogP contribution is -2.42. The van der Waals surface area contributed by atoms with Gasteiger partial charge in [-0.3, -0.25) is 4.79 Å². The maximum absolute atomic E-state index is 12.4. The molecule has 1 saturated heterocycles. The molecule has 2 N–H and O–H groups in total. The summed E-state index contributed by atoms with van der Waals surface area (Å²) in [5.41, 5.74) is 3.48. The van der Waals surface area contributed by atoms with E-state index in [-0.39, 0.29) is 21.5 Å². The van der Waals surface area contributed by atoms with Crippen molar-refractivity contribution in [1.82, 2.24) is 10.7 Å². The van der Waals surface area contributed by atoms with E-state index in [1.165, 1.54) is 12.1 Å². The van der Waals surface area contributed by atoms with Crippen molar-refractivity contribution in [2.75, 3.05) is 5.01 Å². The topological polar surface area (TPSA) is 61.4 Å². The summed E-state index contributed by atoms with van der Waals surface area (Å²) in [4.78, 5) is 24.6. The van der Waals surface area contributed by atoms with Crippen LogP contribution < -0.4 is 15.8 Å². The van der Waals surface area contributed by atoms with Crippen molar-refractivity contribution >= 4 is 52.3 Å². The minimum Gasteiger partial charge on any atom is -0.313 e. The molecule has 0 spiro atoms. The van der Waals surface area contributed by atoms with Crippen LogP contribution in [-0.2, 0) is 0 Å². The molecule has 0 bridgehead atoms. The van der Waals surface area contributed by atoms with Gasteiger partial charge in [-0.1, -0.05) is 65.1 Å². The Balaban J connectivity index is 1.88. The fraction of sp³-hybridized carbons (Fsp3) is 0.0667. The monoisotopic (exact) mass is 369 g/mol. The fourth-order valence-electron chi connectivity index (χ4n) is 2.22. The zero-order chi connectivity index (χ0) is 16.6. The van der Waals surface area contributed by atoms with Gasteiger partial charge in [-0.15, -0.1) is 0 Å². The van der Waals surface area contributed by atoms with E-state index in [9.17, 15) is 9.59 Å². The van der Waals surface area contributed by atoms with E-state index in [1.807, 2.05) is 0 Å². The van der Waals surface area contributed by atoms with E-state index in [0.717, 1.165) is 5.01 Å². The first kappa shape index (κ1) is 16.1. The zero-order valence-corrected chi connectivity index (χ0v) is 13.8. The number of Topliss-reactive ketones (excluding diaryl/α,β-unsaturated/α-hetero) is 1. The lowest BCUT2D eigenvalue weighted by Gasteiger charge is -2.18. The molecule has 0 aromatic heterocycles. The Morgan fingerprint density at radius 3 is 2.26 bits per heavy atom. The molecule has 0 aliphatic carbocycles. The van der Waals surface area contributed by atoms with Crippen LogP contribution in [-0.4, -0.2) is 18.0 Å². The molecule has 8 heteroatoms. The summed E-state index contributed by atoms with van der Waals surface area (Å²) >= 11 is 18.1. The number of halogens is 3. The van der Waals surface area contributed by atoms with Crippen LogP contribution in [0.5, 0.6) is 0 Å². The van der Waals surface area contributed by atoms with Gasteiger partial charge in [0, 0.05) is 10.6 Å². The summed E-state index contributed by atoms with van der Waals surface area (Å²) in [5.74, 6) is -0.275. The number of urea groups is 1. The van der Waals surface area contributed by atoms with Gasteiger partial charge in [-0.25, -0.2) is 9.80 Å². The van der Waals surface area contributed by atoms with Crippen molar-refractivity contribution in [2.45, 2.75) is 6.17 Å². The predicted molar refractivity (Wildman–Crippen MR) is 90.2 cm³/mol. The highest BCUT2D eigenvalue weighted by Gasteiger charge is 2.36. The average Bonchev–Trinajstić information content (AvgIpc) is 2.88. The third-order valence-corrected chi connectivity index (χ3v) is 4.05. The number of hydrogen-bond acceptors (Lipinski definition) is 3. The summed E-state index contributed by atoms with van der Waals surface area (Å²) in [5, 5.41) is 4.38. The van der Waals surface area contributed by atoms with Crippen LogP contribution in [0.4, 0.5) is 10.5 Å². The number of nitrogens with zero attached hydrogens (tertiary/aromatic N) is 1. The molecule has 1 unspecified atom stereocenters. The minimum absolute atomic E-state index is 0.193. The fourth-order valence-corrected chi connectivity index (χ4v) is 3.20. The maximum Gasteiger partial charge on any atom is 0.338 e. The lowest BCUT2D eigenvalue weighted by molar-refractivity contribution is 0.0942. The van der Waals surface area contributed by atoms with Crippen LogP contribution in [0.3, 0.4) is 0 Å². The van der Waals surface area contributed by atoms with Gasteiger partial charge >= 0.3 is 6.03 Å². The van der Waals surface area contributed by atoms with Gasteiger partial charge < -0.3 is 5.32 Å². The largest absolute Gasteiger partial charge is 0.338 e. The molecule has 1 atom stereocenters. The molecule has 2 aromatic carbocycles. The van der Waals surface area contributed by atoms with Crippen LogP contribution in [0.1, 0.15) is 10.4 Å². The van der Waals surface area contributed by atoms with E-state index in [4.69, 9.17) is 34.8 Å². The van der Waals surface area contributed by atoms with E-state index in [1.54, 1.807) is 30.3 Å². The highest BCUT2D eigenvalue weighted by molar-refractivity contribution is 6.42.